The van der Waals surface area contributed by atoms with E-state index >= 15 is 0 Å². The zero-order chi connectivity index (χ0) is 14.4. The van der Waals surface area contributed by atoms with Crippen LogP contribution in [0.25, 0.3) is 33.1 Å². The number of phenolic OH excluding ortho intramolecular Hbond substituents is 1. The maximum absolute atomic E-state index is 10.2. The molecular weight excluding hydrogens is 375 g/mol. The normalized spacial score (nSPS) is 11.3. The molecule has 21 heavy (non-hydrogen) atoms. The molecule has 1 aromatic heterocycles. The van der Waals surface area contributed by atoms with Crippen LogP contribution in [0.3, 0.4) is 0 Å². The van der Waals surface area contributed by atoms with Gasteiger partial charge in [0.2, 0.25) is 0 Å². The predicted molar refractivity (Wildman–Crippen MR) is 93.5 cm³/mol. The molecule has 0 aliphatic heterocycles. The topological polar surface area (TPSA) is 33.4 Å². The molecule has 0 fully saturated rings. The summed E-state index contributed by atoms with van der Waals surface area (Å²) in [5.41, 5.74) is 3.66. The third kappa shape index (κ3) is 1.92. The first kappa shape index (κ1) is 12.7. The summed E-state index contributed by atoms with van der Waals surface area (Å²) in [6, 6.07) is 19.8. The molecule has 0 bridgehead atoms. The molecule has 0 amide bonds. The number of hydrogen-bond donors (Lipinski definition) is 1. The molecule has 0 spiro atoms. The van der Waals surface area contributed by atoms with Crippen molar-refractivity contribution in [3.05, 3.63) is 64.2 Å². The van der Waals surface area contributed by atoms with Gasteiger partial charge < -0.3 is 9.52 Å². The van der Waals surface area contributed by atoms with Crippen LogP contribution in [-0.4, -0.2) is 5.11 Å². The van der Waals surface area contributed by atoms with E-state index < -0.39 is 0 Å². The van der Waals surface area contributed by atoms with Crippen LogP contribution in [0.4, 0.5) is 0 Å². The van der Waals surface area contributed by atoms with Crippen LogP contribution >= 0.6 is 22.6 Å². The fraction of sp³-hybridized carbons (Fsp3) is 0. The van der Waals surface area contributed by atoms with E-state index in [0.717, 1.165) is 31.1 Å². The van der Waals surface area contributed by atoms with E-state index in [4.69, 9.17) is 4.42 Å². The second kappa shape index (κ2) is 4.77. The molecule has 2 nitrogen and oxygen atoms in total. The van der Waals surface area contributed by atoms with Crippen molar-refractivity contribution >= 4 is 44.5 Å². The average Bonchev–Trinajstić information content (AvgIpc) is 2.87. The number of fused-ring (bicyclic) bond motifs is 3. The molecule has 0 saturated carbocycles. The molecule has 1 N–H and O–H groups in total. The summed E-state index contributed by atoms with van der Waals surface area (Å²) in [5.74, 6) is 0.251. The molecule has 3 heteroatoms. The van der Waals surface area contributed by atoms with Crippen molar-refractivity contribution in [3.8, 4) is 16.9 Å². The Morgan fingerprint density at radius 1 is 0.857 bits per heavy atom. The van der Waals surface area contributed by atoms with Gasteiger partial charge in [0.05, 0.1) is 3.57 Å². The van der Waals surface area contributed by atoms with Gasteiger partial charge in [0.15, 0.2) is 0 Å². The van der Waals surface area contributed by atoms with E-state index in [1.165, 1.54) is 0 Å². The zero-order valence-corrected chi connectivity index (χ0v) is 13.2. The van der Waals surface area contributed by atoms with Crippen molar-refractivity contribution in [1.29, 1.82) is 0 Å². The number of benzene rings is 3. The van der Waals surface area contributed by atoms with Crippen LogP contribution in [0.15, 0.2) is 65.1 Å². The minimum atomic E-state index is 0.251. The first-order valence-electron chi connectivity index (χ1n) is 6.64. The molecule has 3 aromatic carbocycles. The lowest BCUT2D eigenvalue weighted by Crippen LogP contribution is -1.85. The highest BCUT2D eigenvalue weighted by molar-refractivity contribution is 14.1. The zero-order valence-electron chi connectivity index (χ0n) is 11.0. The molecule has 102 valence electrons. The summed E-state index contributed by atoms with van der Waals surface area (Å²) in [7, 11) is 0. The van der Waals surface area contributed by atoms with Gasteiger partial charge in [-0.15, -0.1) is 0 Å². The maximum Gasteiger partial charge on any atom is 0.139 e. The minimum absolute atomic E-state index is 0.251. The summed E-state index contributed by atoms with van der Waals surface area (Å²) < 4.78 is 6.73. The highest BCUT2D eigenvalue weighted by Gasteiger charge is 2.18. The number of aromatic hydroxyl groups is 1. The Balaban J connectivity index is 2.24. The molecule has 4 rings (SSSR count). The number of hydrogen-bond acceptors (Lipinski definition) is 2. The van der Waals surface area contributed by atoms with Crippen molar-refractivity contribution in [3.63, 3.8) is 0 Å². The van der Waals surface area contributed by atoms with E-state index in [0.29, 0.717) is 5.58 Å². The van der Waals surface area contributed by atoms with Crippen molar-refractivity contribution in [1.82, 2.24) is 0 Å². The Morgan fingerprint density at radius 2 is 1.57 bits per heavy atom. The summed E-state index contributed by atoms with van der Waals surface area (Å²) in [5, 5.41) is 12.3. The third-order valence-electron chi connectivity index (χ3n) is 3.65. The van der Waals surface area contributed by atoms with Crippen molar-refractivity contribution in [2.45, 2.75) is 0 Å². The van der Waals surface area contributed by atoms with E-state index in [-0.39, 0.29) is 5.75 Å². The molecule has 0 aliphatic rings. The number of furan rings is 1. The molecular formula is C18H11IO2. The Bertz CT molecular complexity index is 955. The Morgan fingerprint density at radius 3 is 2.38 bits per heavy atom. The van der Waals surface area contributed by atoms with Gasteiger partial charge in [-0.05, 0) is 34.2 Å². The molecule has 0 aliphatic carbocycles. The number of para-hydroxylation sites is 1. The van der Waals surface area contributed by atoms with Gasteiger partial charge in [-0.2, -0.15) is 0 Å². The second-order valence-corrected chi connectivity index (χ2v) is 6.00. The summed E-state index contributed by atoms with van der Waals surface area (Å²) in [6.07, 6.45) is 0. The fourth-order valence-electron chi connectivity index (χ4n) is 2.73. The van der Waals surface area contributed by atoms with E-state index in [9.17, 15) is 5.11 Å². The summed E-state index contributed by atoms with van der Waals surface area (Å²) in [6.45, 7) is 0. The standard InChI is InChI=1S/C18H11IO2/c19-18-13(20)10-15-17(12-8-4-5-9-14(12)21-15)16(18)11-6-2-1-3-7-11/h1-10,20H. The van der Waals surface area contributed by atoms with Crippen molar-refractivity contribution in [2.75, 3.05) is 0 Å². The van der Waals surface area contributed by atoms with Crippen molar-refractivity contribution in [2.24, 2.45) is 0 Å². The van der Waals surface area contributed by atoms with Crippen LogP contribution in [0, 0.1) is 3.57 Å². The number of halogens is 1. The molecule has 4 aromatic rings. The fourth-order valence-corrected chi connectivity index (χ4v) is 3.46. The van der Waals surface area contributed by atoms with Crippen LogP contribution in [0.1, 0.15) is 0 Å². The predicted octanol–water partition coefficient (Wildman–Crippen LogP) is 5.56. The highest BCUT2D eigenvalue weighted by atomic mass is 127. The quantitative estimate of drug-likeness (QED) is 0.435. The first-order valence-corrected chi connectivity index (χ1v) is 7.71. The monoisotopic (exact) mass is 386 g/mol. The molecule has 0 unspecified atom stereocenters. The lowest BCUT2D eigenvalue weighted by molar-refractivity contribution is 0.471. The van der Waals surface area contributed by atoms with Crippen LogP contribution in [-0.2, 0) is 0 Å². The van der Waals surface area contributed by atoms with Gasteiger partial charge >= 0.3 is 0 Å². The maximum atomic E-state index is 10.2. The minimum Gasteiger partial charge on any atom is -0.507 e. The summed E-state index contributed by atoms with van der Waals surface area (Å²) >= 11 is 2.20. The third-order valence-corrected chi connectivity index (χ3v) is 4.74. The van der Waals surface area contributed by atoms with E-state index in [2.05, 4.69) is 40.8 Å². The Hall–Kier alpha value is -2.01. The second-order valence-electron chi connectivity index (χ2n) is 4.92. The SMILES string of the molecule is Oc1cc2oc3ccccc3c2c(-c2ccccc2)c1I. The van der Waals surface area contributed by atoms with Gasteiger partial charge in [0.1, 0.15) is 16.9 Å². The molecule has 0 saturated heterocycles. The lowest BCUT2D eigenvalue weighted by atomic mass is 9.99. The van der Waals surface area contributed by atoms with Crippen molar-refractivity contribution < 1.29 is 9.52 Å². The first-order chi connectivity index (χ1) is 10.3. The molecule has 0 atom stereocenters. The molecule has 1 heterocycles. The lowest BCUT2D eigenvalue weighted by Gasteiger charge is -2.08. The van der Waals surface area contributed by atoms with Gasteiger partial charge in [0, 0.05) is 22.4 Å². The van der Waals surface area contributed by atoms with Crippen LogP contribution in [0.5, 0.6) is 5.75 Å². The molecule has 0 radical (unpaired) electrons. The summed E-state index contributed by atoms with van der Waals surface area (Å²) in [4.78, 5) is 0. The van der Waals surface area contributed by atoms with Gasteiger partial charge in [-0.25, -0.2) is 0 Å². The Kier molecular flexibility index (Phi) is 2.89. The largest absolute Gasteiger partial charge is 0.507 e. The van der Waals surface area contributed by atoms with E-state index in [1.807, 2.05) is 36.4 Å². The number of phenols is 1. The average molecular weight is 386 g/mol. The highest BCUT2D eigenvalue weighted by Crippen LogP contribution is 2.42. The van der Waals surface area contributed by atoms with Crippen LogP contribution in [0.2, 0.25) is 0 Å². The smallest absolute Gasteiger partial charge is 0.139 e. The van der Waals surface area contributed by atoms with Gasteiger partial charge in [-0.1, -0.05) is 48.5 Å². The van der Waals surface area contributed by atoms with E-state index in [1.54, 1.807) is 6.07 Å². The Labute approximate surface area is 135 Å². The van der Waals surface area contributed by atoms with Gasteiger partial charge in [0.25, 0.3) is 0 Å². The number of rotatable bonds is 1. The van der Waals surface area contributed by atoms with Crippen LogP contribution < -0.4 is 0 Å². The van der Waals surface area contributed by atoms with Gasteiger partial charge in [-0.3, -0.25) is 0 Å².